The smallest absolute Gasteiger partial charge is 0.220 e. The Bertz CT molecular complexity index is 1640. The second-order valence-electron chi connectivity index (χ2n) is 25.7. The Balaban J connectivity index is 1.64. The Morgan fingerprint density at radius 3 is 1.20 bits per heavy atom. The lowest BCUT2D eigenvalue weighted by atomic mass is 9.97. The van der Waals surface area contributed by atoms with Crippen LogP contribution in [0.4, 0.5) is 0 Å². The molecule has 0 aliphatic carbocycles. The molecule has 9 N–H and O–H groups in total. The Morgan fingerprint density at radius 1 is 0.414 bits per heavy atom. The normalized spacial score (nSPS) is 23.5. The van der Waals surface area contributed by atoms with Gasteiger partial charge in [-0.05, 0) is 64.2 Å². The number of hydrogen-bond donors (Lipinski definition) is 9. The molecule has 0 aromatic carbocycles. The first-order valence-electron chi connectivity index (χ1n) is 36.4. The Hall–Kier alpha value is -2.05. The van der Waals surface area contributed by atoms with Crippen LogP contribution in [0.3, 0.4) is 0 Å². The van der Waals surface area contributed by atoms with Crippen molar-refractivity contribution in [3.8, 4) is 0 Å². The second kappa shape index (κ2) is 57.8. The summed E-state index contributed by atoms with van der Waals surface area (Å²) in [5.74, 6) is -0.244. The summed E-state index contributed by atoms with van der Waals surface area (Å²) >= 11 is 0. The van der Waals surface area contributed by atoms with Crippen molar-refractivity contribution >= 4 is 5.91 Å². The fourth-order valence-corrected chi connectivity index (χ4v) is 11.9. The van der Waals surface area contributed by atoms with Crippen LogP contribution >= 0.6 is 0 Å². The fraction of sp³-hybridized carbons (Fsp3) is 0.877. The Labute approximate surface area is 531 Å². The van der Waals surface area contributed by atoms with E-state index in [0.29, 0.717) is 12.8 Å². The van der Waals surface area contributed by atoms with E-state index in [1.54, 1.807) is 6.08 Å². The van der Waals surface area contributed by atoms with Gasteiger partial charge in [0.1, 0.15) is 48.8 Å². The number of hydrogen-bond acceptors (Lipinski definition) is 13. The van der Waals surface area contributed by atoms with Crippen molar-refractivity contribution in [1.29, 1.82) is 0 Å². The zero-order chi connectivity index (χ0) is 63.1. The maximum Gasteiger partial charge on any atom is 0.220 e. The van der Waals surface area contributed by atoms with E-state index in [1.807, 2.05) is 6.08 Å². The molecule has 12 unspecified atom stereocenters. The molecule has 2 aliphatic heterocycles. The van der Waals surface area contributed by atoms with Crippen LogP contribution in [-0.2, 0) is 23.7 Å². The quantitative estimate of drug-likeness (QED) is 0.0204. The third-order valence-electron chi connectivity index (χ3n) is 17.7. The van der Waals surface area contributed by atoms with Crippen molar-refractivity contribution in [2.75, 3.05) is 19.8 Å². The van der Waals surface area contributed by atoms with Gasteiger partial charge >= 0.3 is 0 Å². The molecule has 2 rings (SSSR count). The predicted octanol–water partition coefficient (Wildman–Crippen LogP) is 15.1. The molecular weight excluding hydrogens is 1100 g/mol. The van der Waals surface area contributed by atoms with Crippen molar-refractivity contribution in [2.45, 2.75) is 389 Å². The van der Waals surface area contributed by atoms with Crippen LogP contribution in [0.25, 0.3) is 0 Å². The van der Waals surface area contributed by atoms with Crippen LogP contribution in [0.5, 0.6) is 0 Å². The second-order valence-corrected chi connectivity index (χ2v) is 25.7. The summed E-state index contributed by atoms with van der Waals surface area (Å²) in [5.41, 5.74) is 0. The highest BCUT2D eigenvalue weighted by Crippen LogP contribution is 2.30. The number of aliphatic hydroxyl groups excluding tert-OH is 8. The molecule has 0 aromatic rings. The third-order valence-corrected chi connectivity index (χ3v) is 17.7. The molecule has 510 valence electrons. The van der Waals surface area contributed by atoms with Gasteiger partial charge in [0.05, 0.1) is 32.0 Å². The molecule has 1 amide bonds. The molecule has 14 nitrogen and oxygen atoms in total. The van der Waals surface area contributed by atoms with E-state index in [1.165, 1.54) is 244 Å². The number of carbonyl (C=O) groups excluding carboxylic acids is 1. The highest BCUT2D eigenvalue weighted by Gasteiger charge is 2.51. The number of unbranched alkanes of at least 4 members (excludes halogenated alkanes) is 41. The first-order chi connectivity index (χ1) is 42.6. The topological polar surface area (TPSA) is 228 Å². The van der Waals surface area contributed by atoms with Gasteiger partial charge in [-0.25, -0.2) is 0 Å². The van der Waals surface area contributed by atoms with E-state index in [4.69, 9.17) is 18.9 Å². The molecule has 0 radical (unpaired) electrons. The van der Waals surface area contributed by atoms with Crippen LogP contribution in [0, 0.1) is 0 Å². The number of allylic oxidation sites excluding steroid dienone is 7. The standard InChI is InChI=1S/C73H135NO13/c1-3-5-7-9-11-13-15-17-19-21-23-25-26-27-28-29-30-31-32-33-34-35-36-37-39-41-43-45-47-49-51-53-55-57-65(78)74-61(62(77)56-54-52-50-48-46-44-42-40-38-24-22-20-18-16-14-12-10-8-6-4-2)60-84-72-70(83)68(81)71(64(59-76)86-72)87-73-69(82)67(80)66(79)63(58-75)85-73/h15,17,21,23,46,48,54,56,61-64,66-73,75-77,79-83H,3-14,16,18-20,22,24-45,47,49-53,55,57-60H2,1-2H3,(H,74,78)/b17-15-,23-21-,48-46+,56-54+. The lowest BCUT2D eigenvalue weighted by Crippen LogP contribution is -2.65. The maximum atomic E-state index is 13.3. The van der Waals surface area contributed by atoms with E-state index in [-0.39, 0.29) is 18.9 Å². The minimum absolute atomic E-state index is 0.244. The lowest BCUT2D eigenvalue weighted by molar-refractivity contribution is -0.359. The summed E-state index contributed by atoms with van der Waals surface area (Å²) in [7, 11) is 0. The molecule has 0 saturated carbocycles. The van der Waals surface area contributed by atoms with Crippen molar-refractivity contribution in [2.24, 2.45) is 0 Å². The van der Waals surface area contributed by atoms with Crippen LogP contribution in [-0.4, -0.2) is 140 Å². The first-order valence-corrected chi connectivity index (χ1v) is 36.4. The minimum atomic E-state index is -1.79. The summed E-state index contributed by atoms with van der Waals surface area (Å²) < 4.78 is 22.8. The van der Waals surface area contributed by atoms with Gasteiger partial charge in [0.15, 0.2) is 12.6 Å². The number of amides is 1. The average molecular weight is 1230 g/mol. The van der Waals surface area contributed by atoms with Crippen molar-refractivity contribution < 1.29 is 64.6 Å². The van der Waals surface area contributed by atoms with Crippen molar-refractivity contribution in [3.05, 3.63) is 48.6 Å². The van der Waals surface area contributed by atoms with Crippen LogP contribution in [0.2, 0.25) is 0 Å². The molecule has 2 heterocycles. The molecule has 87 heavy (non-hydrogen) atoms. The number of carbonyl (C=O) groups is 1. The van der Waals surface area contributed by atoms with E-state index < -0.39 is 86.8 Å². The SMILES string of the molecule is CCCCCCC/C=C\C/C=C\CCCCCCCCCCCCCCCCCCCCCCCC(=O)NC(COC1OC(CO)C(OC2OC(CO)C(O)C(O)C2O)C(O)C1O)C(O)/C=C/CC/C=C/CCCCCCCCCCCCCCCC. The molecule has 0 aromatic heterocycles. The molecule has 2 fully saturated rings. The molecule has 2 saturated heterocycles. The minimum Gasteiger partial charge on any atom is -0.394 e. The summed E-state index contributed by atoms with van der Waals surface area (Å²) in [5, 5.41) is 87.4. The summed E-state index contributed by atoms with van der Waals surface area (Å²) in [4.78, 5) is 13.3. The number of aliphatic hydroxyl groups is 8. The molecule has 12 atom stereocenters. The number of nitrogens with one attached hydrogen (secondary N) is 1. The number of ether oxygens (including phenoxy) is 4. The van der Waals surface area contributed by atoms with Gasteiger partial charge in [-0.3, -0.25) is 4.79 Å². The zero-order valence-electron chi connectivity index (χ0n) is 55.5. The molecule has 14 heteroatoms. The highest BCUT2D eigenvalue weighted by molar-refractivity contribution is 5.76. The van der Waals surface area contributed by atoms with Gasteiger partial charge in [0, 0.05) is 6.42 Å². The predicted molar refractivity (Wildman–Crippen MR) is 355 cm³/mol. The van der Waals surface area contributed by atoms with Gasteiger partial charge in [-0.1, -0.05) is 294 Å². The molecule has 0 spiro atoms. The summed E-state index contributed by atoms with van der Waals surface area (Å²) in [6.45, 7) is 2.81. The van der Waals surface area contributed by atoms with Gasteiger partial charge in [-0.15, -0.1) is 0 Å². The average Bonchev–Trinajstić information content (AvgIpc) is 2.59. The first kappa shape index (κ1) is 81.0. The monoisotopic (exact) mass is 1230 g/mol. The number of rotatable bonds is 60. The fourth-order valence-electron chi connectivity index (χ4n) is 11.9. The van der Waals surface area contributed by atoms with Crippen molar-refractivity contribution in [1.82, 2.24) is 5.32 Å². The molecule has 2 aliphatic rings. The van der Waals surface area contributed by atoms with Gasteiger partial charge in [0.2, 0.25) is 5.91 Å². The zero-order valence-corrected chi connectivity index (χ0v) is 55.5. The van der Waals surface area contributed by atoms with Crippen LogP contribution in [0.15, 0.2) is 48.6 Å². The Morgan fingerprint density at radius 2 is 0.770 bits per heavy atom. The maximum absolute atomic E-state index is 13.3. The Kier molecular flexibility index (Phi) is 53.9. The third kappa shape index (κ3) is 41.9. The molecule has 0 bridgehead atoms. The van der Waals surface area contributed by atoms with Crippen LogP contribution < -0.4 is 5.32 Å². The van der Waals surface area contributed by atoms with E-state index in [2.05, 4.69) is 55.6 Å². The van der Waals surface area contributed by atoms with E-state index in [0.717, 1.165) is 38.5 Å². The van der Waals surface area contributed by atoms with E-state index >= 15 is 0 Å². The summed E-state index contributed by atoms with van der Waals surface area (Å²) in [6.07, 6.45) is 58.9. The molecular formula is C73H135NO13. The van der Waals surface area contributed by atoms with Gasteiger partial charge in [0.25, 0.3) is 0 Å². The van der Waals surface area contributed by atoms with Crippen molar-refractivity contribution in [3.63, 3.8) is 0 Å². The van der Waals surface area contributed by atoms with Gasteiger partial charge < -0.3 is 65.1 Å². The van der Waals surface area contributed by atoms with Crippen LogP contribution in [0.1, 0.15) is 316 Å². The van der Waals surface area contributed by atoms with E-state index in [9.17, 15) is 45.6 Å². The largest absolute Gasteiger partial charge is 0.394 e. The summed E-state index contributed by atoms with van der Waals surface area (Å²) in [6, 6.07) is -0.932. The lowest BCUT2D eigenvalue weighted by Gasteiger charge is -2.46. The highest BCUT2D eigenvalue weighted by atomic mass is 16.7. The van der Waals surface area contributed by atoms with Gasteiger partial charge in [-0.2, -0.15) is 0 Å².